The van der Waals surface area contributed by atoms with Crippen LogP contribution in [0.5, 0.6) is 0 Å². The number of nitrogens with zero attached hydrogens (tertiary/aromatic N) is 1. The van der Waals surface area contributed by atoms with Crippen molar-refractivity contribution >= 4 is 17.3 Å². The zero-order valence-corrected chi connectivity index (χ0v) is 9.34. The molecular weight excluding hydrogens is 216 g/mol. The molecule has 2 aromatic rings. The number of benzene rings is 1. The molecule has 0 saturated carbocycles. The number of rotatable bonds is 3. The number of aromatic nitrogens is 1. The summed E-state index contributed by atoms with van der Waals surface area (Å²) in [5.41, 5.74) is 3.13. The average Bonchev–Trinajstić information content (AvgIpc) is 2.33. The summed E-state index contributed by atoms with van der Waals surface area (Å²) in [7, 11) is 0. The molecule has 0 aliphatic heterocycles. The van der Waals surface area contributed by atoms with Gasteiger partial charge in [-0.25, -0.2) is 4.79 Å². The Morgan fingerprint density at radius 1 is 1.24 bits per heavy atom. The number of pyridine rings is 1. The minimum Gasteiger partial charge on any atom is -0.478 e. The standard InChI is InChI=1S/C13H12N2O2/c1-9-8-14-7-6-12(9)15-11-4-2-10(3-5-11)13(16)17/h2-8H,1H3,(H,14,15)(H,16,17). The molecule has 0 atom stereocenters. The summed E-state index contributed by atoms with van der Waals surface area (Å²) in [6.07, 6.45) is 3.48. The van der Waals surface area contributed by atoms with Gasteiger partial charge in [0.1, 0.15) is 0 Å². The number of aryl methyl sites for hydroxylation is 1. The van der Waals surface area contributed by atoms with Gasteiger partial charge in [-0.15, -0.1) is 0 Å². The minimum atomic E-state index is -0.920. The van der Waals surface area contributed by atoms with Gasteiger partial charge in [-0.05, 0) is 42.8 Å². The maximum absolute atomic E-state index is 10.7. The molecule has 1 aromatic heterocycles. The van der Waals surface area contributed by atoms with Crippen LogP contribution < -0.4 is 5.32 Å². The van der Waals surface area contributed by atoms with Crippen molar-refractivity contribution in [2.45, 2.75) is 6.92 Å². The van der Waals surface area contributed by atoms with Crippen molar-refractivity contribution in [3.63, 3.8) is 0 Å². The number of hydrogen-bond acceptors (Lipinski definition) is 3. The maximum Gasteiger partial charge on any atom is 0.335 e. The predicted molar refractivity (Wildman–Crippen MR) is 65.7 cm³/mol. The van der Waals surface area contributed by atoms with E-state index in [0.29, 0.717) is 0 Å². The number of carboxylic acid groups (broad SMARTS) is 1. The Hall–Kier alpha value is -2.36. The Balaban J connectivity index is 2.20. The van der Waals surface area contributed by atoms with Crippen LogP contribution in [-0.4, -0.2) is 16.1 Å². The van der Waals surface area contributed by atoms with Gasteiger partial charge in [0.05, 0.1) is 5.56 Å². The number of anilines is 2. The van der Waals surface area contributed by atoms with Gasteiger partial charge in [0.2, 0.25) is 0 Å². The van der Waals surface area contributed by atoms with Crippen molar-refractivity contribution in [3.8, 4) is 0 Å². The van der Waals surface area contributed by atoms with E-state index in [4.69, 9.17) is 5.11 Å². The van der Waals surface area contributed by atoms with E-state index in [9.17, 15) is 4.79 Å². The molecule has 86 valence electrons. The average molecular weight is 228 g/mol. The van der Waals surface area contributed by atoms with Gasteiger partial charge in [-0.3, -0.25) is 4.98 Å². The molecule has 0 aliphatic rings. The lowest BCUT2D eigenvalue weighted by Crippen LogP contribution is -1.97. The molecule has 1 aromatic carbocycles. The van der Waals surface area contributed by atoms with Crippen LogP contribution in [0.4, 0.5) is 11.4 Å². The van der Waals surface area contributed by atoms with Crippen molar-refractivity contribution in [1.29, 1.82) is 0 Å². The van der Waals surface area contributed by atoms with Crippen molar-refractivity contribution in [1.82, 2.24) is 4.98 Å². The first-order valence-electron chi connectivity index (χ1n) is 5.18. The van der Waals surface area contributed by atoms with E-state index >= 15 is 0 Å². The summed E-state index contributed by atoms with van der Waals surface area (Å²) in [4.78, 5) is 14.7. The number of aromatic carboxylic acids is 1. The molecule has 0 amide bonds. The highest BCUT2D eigenvalue weighted by Crippen LogP contribution is 2.19. The van der Waals surface area contributed by atoms with Crippen LogP contribution in [0, 0.1) is 6.92 Å². The summed E-state index contributed by atoms with van der Waals surface area (Å²) in [5, 5.41) is 12.0. The van der Waals surface area contributed by atoms with Gasteiger partial charge in [-0.2, -0.15) is 0 Å². The highest BCUT2D eigenvalue weighted by atomic mass is 16.4. The molecular formula is C13H12N2O2. The fourth-order valence-electron chi connectivity index (χ4n) is 1.47. The predicted octanol–water partition coefficient (Wildman–Crippen LogP) is 2.83. The van der Waals surface area contributed by atoms with E-state index in [1.54, 1.807) is 36.7 Å². The molecule has 4 heteroatoms. The number of nitrogens with one attached hydrogen (secondary N) is 1. The van der Waals surface area contributed by atoms with Crippen LogP contribution in [0.3, 0.4) is 0 Å². The zero-order chi connectivity index (χ0) is 12.3. The molecule has 17 heavy (non-hydrogen) atoms. The van der Waals surface area contributed by atoms with Gasteiger partial charge in [0, 0.05) is 23.8 Å². The Labute approximate surface area is 98.9 Å². The van der Waals surface area contributed by atoms with Gasteiger partial charge < -0.3 is 10.4 Å². The highest BCUT2D eigenvalue weighted by molar-refractivity contribution is 5.88. The second-order valence-corrected chi connectivity index (χ2v) is 3.70. The molecule has 0 fully saturated rings. The lowest BCUT2D eigenvalue weighted by molar-refractivity contribution is 0.0697. The van der Waals surface area contributed by atoms with E-state index in [0.717, 1.165) is 16.9 Å². The first kappa shape index (κ1) is 11.1. The van der Waals surface area contributed by atoms with Gasteiger partial charge in [-0.1, -0.05) is 0 Å². The van der Waals surface area contributed by atoms with Crippen molar-refractivity contribution < 1.29 is 9.90 Å². The normalized spacial score (nSPS) is 9.94. The quantitative estimate of drug-likeness (QED) is 0.847. The third-order valence-electron chi connectivity index (χ3n) is 2.43. The molecule has 2 rings (SSSR count). The van der Waals surface area contributed by atoms with Gasteiger partial charge >= 0.3 is 5.97 Å². The number of carboxylic acids is 1. The fraction of sp³-hybridized carbons (Fsp3) is 0.0769. The first-order valence-corrected chi connectivity index (χ1v) is 5.18. The van der Waals surface area contributed by atoms with E-state index in [1.165, 1.54) is 0 Å². The van der Waals surface area contributed by atoms with Crippen molar-refractivity contribution in [2.24, 2.45) is 0 Å². The maximum atomic E-state index is 10.7. The van der Waals surface area contributed by atoms with Crippen LogP contribution in [0.2, 0.25) is 0 Å². The van der Waals surface area contributed by atoms with Crippen LogP contribution in [0.15, 0.2) is 42.7 Å². The van der Waals surface area contributed by atoms with Crippen LogP contribution in [0.25, 0.3) is 0 Å². The molecule has 0 saturated heterocycles. The van der Waals surface area contributed by atoms with E-state index < -0.39 is 5.97 Å². The Morgan fingerprint density at radius 3 is 2.53 bits per heavy atom. The Bertz CT molecular complexity index is 535. The lowest BCUT2D eigenvalue weighted by Gasteiger charge is -2.08. The second kappa shape index (κ2) is 4.65. The summed E-state index contributed by atoms with van der Waals surface area (Å²) in [6, 6.07) is 8.50. The van der Waals surface area contributed by atoms with Crippen LogP contribution in [-0.2, 0) is 0 Å². The van der Waals surface area contributed by atoms with E-state index in [-0.39, 0.29) is 5.56 Å². The molecule has 0 radical (unpaired) electrons. The number of carbonyl (C=O) groups is 1. The van der Waals surface area contributed by atoms with Gasteiger partial charge in [0.15, 0.2) is 0 Å². The Morgan fingerprint density at radius 2 is 1.94 bits per heavy atom. The minimum absolute atomic E-state index is 0.280. The molecule has 1 heterocycles. The lowest BCUT2D eigenvalue weighted by atomic mass is 10.2. The van der Waals surface area contributed by atoms with Crippen LogP contribution >= 0.6 is 0 Å². The molecule has 2 N–H and O–H groups in total. The third kappa shape index (κ3) is 2.60. The van der Waals surface area contributed by atoms with E-state index in [1.807, 2.05) is 13.0 Å². The topological polar surface area (TPSA) is 62.2 Å². The summed E-state index contributed by atoms with van der Waals surface area (Å²) < 4.78 is 0. The molecule has 0 spiro atoms. The Kier molecular flexibility index (Phi) is 3.05. The zero-order valence-electron chi connectivity index (χ0n) is 9.34. The second-order valence-electron chi connectivity index (χ2n) is 3.70. The third-order valence-corrected chi connectivity index (χ3v) is 2.43. The van der Waals surface area contributed by atoms with Crippen molar-refractivity contribution in [2.75, 3.05) is 5.32 Å². The van der Waals surface area contributed by atoms with Crippen LogP contribution in [0.1, 0.15) is 15.9 Å². The SMILES string of the molecule is Cc1cnccc1Nc1ccc(C(=O)O)cc1. The first-order chi connectivity index (χ1) is 8.16. The van der Waals surface area contributed by atoms with Gasteiger partial charge in [0.25, 0.3) is 0 Å². The largest absolute Gasteiger partial charge is 0.478 e. The monoisotopic (exact) mass is 228 g/mol. The van der Waals surface area contributed by atoms with Crippen molar-refractivity contribution in [3.05, 3.63) is 53.9 Å². The molecule has 4 nitrogen and oxygen atoms in total. The molecule has 0 unspecified atom stereocenters. The van der Waals surface area contributed by atoms with E-state index in [2.05, 4.69) is 10.3 Å². The fourth-order valence-corrected chi connectivity index (χ4v) is 1.47. The highest BCUT2D eigenvalue weighted by Gasteiger charge is 2.02. The molecule has 0 aliphatic carbocycles. The number of hydrogen-bond donors (Lipinski definition) is 2. The summed E-state index contributed by atoms with van der Waals surface area (Å²) >= 11 is 0. The summed E-state index contributed by atoms with van der Waals surface area (Å²) in [5.74, 6) is -0.920. The molecule has 0 bridgehead atoms. The smallest absolute Gasteiger partial charge is 0.335 e. The summed E-state index contributed by atoms with van der Waals surface area (Å²) in [6.45, 7) is 1.96.